The van der Waals surface area contributed by atoms with Crippen molar-refractivity contribution < 1.29 is 9.84 Å². The van der Waals surface area contributed by atoms with E-state index in [1.54, 1.807) is 0 Å². The van der Waals surface area contributed by atoms with Gasteiger partial charge in [0.25, 0.3) is 0 Å². The molecular formula is C16H31NO2. The first-order valence-electron chi connectivity index (χ1n) is 8.24. The van der Waals surface area contributed by atoms with Gasteiger partial charge >= 0.3 is 0 Å². The predicted molar refractivity (Wildman–Crippen MR) is 78.2 cm³/mol. The molecule has 1 saturated carbocycles. The molecule has 1 heterocycles. The van der Waals surface area contributed by atoms with E-state index in [-0.39, 0.29) is 6.10 Å². The number of rotatable bonds is 5. The molecule has 2 rings (SSSR count). The number of morpholine rings is 1. The lowest BCUT2D eigenvalue weighted by Crippen LogP contribution is -2.47. The first-order chi connectivity index (χ1) is 9.22. The Hall–Kier alpha value is -0.120. The highest BCUT2D eigenvalue weighted by Crippen LogP contribution is 2.33. The minimum absolute atomic E-state index is 0.0731. The molecule has 1 aliphatic carbocycles. The predicted octanol–water partition coefficient (Wildman–Crippen LogP) is 2.67. The molecule has 4 atom stereocenters. The third kappa shape index (κ3) is 4.44. The molecule has 19 heavy (non-hydrogen) atoms. The van der Waals surface area contributed by atoms with Crippen LogP contribution in [0.25, 0.3) is 0 Å². The Bertz CT molecular complexity index is 259. The smallest absolute Gasteiger partial charge is 0.0700 e. The SMILES string of the molecule is CCCC1CCC(O)C(CN2CCOC(CC)C2)C1. The van der Waals surface area contributed by atoms with Crippen molar-refractivity contribution >= 4 is 0 Å². The molecule has 4 unspecified atom stereocenters. The third-order valence-corrected chi connectivity index (χ3v) is 4.92. The summed E-state index contributed by atoms with van der Waals surface area (Å²) in [6.07, 6.45) is 7.51. The van der Waals surface area contributed by atoms with Crippen LogP contribution < -0.4 is 0 Å². The zero-order chi connectivity index (χ0) is 13.7. The molecule has 0 bridgehead atoms. The number of aliphatic hydroxyl groups excluding tert-OH is 1. The largest absolute Gasteiger partial charge is 0.393 e. The molecule has 0 aromatic carbocycles. The lowest BCUT2D eigenvalue weighted by molar-refractivity contribution is -0.0490. The van der Waals surface area contributed by atoms with Crippen LogP contribution in [0.1, 0.15) is 52.4 Å². The first-order valence-corrected chi connectivity index (χ1v) is 8.24. The van der Waals surface area contributed by atoms with Gasteiger partial charge in [0.2, 0.25) is 0 Å². The molecule has 0 spiro atoms. The summed E-state index contributed by atoms with van der Waals surface area (Å²) in [6.45, 7) is 8.49. The molecule has 0 radical (unpaired) electrons. The van der Waals surface area contributed by atoms with Crippen molar-refractivity contribution in [3.05, 3.63) is 0 Å². The first kappa shape index (κ1) is 15.3. The van der Waals surface area contributed by atoms with Crippen molar-refractivity contribution in [1.29, 1.82) is 0 Å². The second-order valence-electron chi connectivity index (χ2n) is 6.46. The van der Waals surface area contributed by atoms with Crippen molar-refractivity contribution in [3.8, 4) is 0 Å². The van der Waals surface area contributed by atoms with Crippen LogP contribution in [-0.2, 0) is 4.74 Å². The van der Waals surface area contributed by atoms with Gasteiger partial charge in [-0.05, 0) is 37.5 Å². The standard InChI is InChI=1S/C16H31NO2/c1-3-5-13-6-7-16(18)14(10-13)11-17-8-9-19-15(4-2)12-17/h13-16,18H,3-12H2,1-2H3. The Labute approximate surface area is 118 Å². The average molecular weight is 269 g/mol. The quantitative estimate of drug-likeness (QED) is 0.833. The van der Waals surface area contributed by atoms with E-state index in [2.05, 4.69) is 18.7 Å². The van der Waals surface area contributed by atoms with Crippen LogP contribution in [0.5, 0.6) is 0 Å². The number of hydrogen-bond donors (Lipinski definition) is 1. The summed E-state index contributed by atoms with van der Waals surface area (Å²) in [5.41, 5.74) is 0. The molecule has 2 fully saturated rings. The highest BCUT2D eigenvalue weighted by atomic mass is 16.5. The third-order valence-electron chi connectivity index (χ3n) is 4.92. The van der Waals surface area contributed by atoms with Gasteiger partial charge < -0.3 is 9.84 Å². The normalized spacial score (nSPS) is 37.4. The molecule has 112 valence electrons. The summed E-state index contributed by atoms with van der Waals surface area (Å²) >= 11 is 0. The minimum atomic E-state index is -0.0731. The van der Waals surface area contributed by atoms with E-state index < -0.39 is 0 Å². The van der Waals surface area contributed by atoms with E-state index >= 15 is 0 Å². The van der Waals surface area contributed by atoms with Gasteiger partial charge in [-0.15, -0.1) is 0 Å². The maximum Gasteiger partial charge on any atom is 0.0700 e. The summed E-state index contributed by atoms with van der Waals surface area (Å²) in [5.74, 6) is 1.34. The average Bonchev–Trinajstić information content (AvgIpc) is 2.43. The monoisotopic (exact) mass is 269 g/mol. The molecule has 1 N–H and O–H groups in total. The lowest BCUT2D eigenvalue weighted by Gasteiger charge is -2.39. The number of ether oxygens (including phenoxy) is 1. The van der Waals surface area contributed by atoms with E-state index in [0.717, 1.165) is 45.0 Å². The molecule has 2 aliphatic rings. The summed E-state index contributed by atoms with van der Waals surface area (Å²) in [6, 6.07) is 0. The zero-order valence-electron chi connectivity index (χ0n) is 12.7. The van der Waals surface area contributed by atoms with E-state index in [1.165, 1.54) is 25.7 Å². The highest BCUT2D eigenvalue weighted by molar-refractivity contribution is 4.83. The second kappa shape index (κ2) is 7.61. The van der Waals surface area contributed by atoms with Crippen molar-refractivity contribution in [2.75, 3.05) is 26.2 Å². The number of hydrogen-bond acceptors (Lipinski definition) is 3. The summed E-state index contributed by atoms with van der Waals surface area (Å²) in [5, 5.41) is 10.3. The highest BCUT2D eigenvalue weighted by Gasteiger charge is 2.31. The Kier molecular flexibility index (Phi) is 6.11. The van der Waals surface area contributed by atoms with E-state index in [1.807, 2.05) is 0 Å². The molecular weight excluding hydrogens is 238 g/mol. The van der Waals surface area contributed by atoms with Crippen LogP contribution in [0.4, 0.5) is 0 Å². The molecule has 0 aromatic rings. The molecule has 0 amide bonds. The fourth-order valence-electron chi connectivity index (χ4n) is 3.74. The fraction of sp³-hybridized carbons (Fsp3) is 1.00. The maximum atomic E-state index is 10.3. The van der Waals surface area contributed by atoms with Crippen LogP contribution in [0, 0.1) is 11.8 Å². The van der Waals surface area contributed by atoms with Crippen molar-refractivity contribution in [1.82, 2.24) is 4.90 Å². The van der Waals surface area contributed by atoms with Crippen LogP contribution in [-0.4, -0.2) is 48.5 Å². The number of nitrogens with zero attached hydrogens (tertiary/aromatic N) is 1. The summed E-state index contributed by atoms with van der Waals surface area (Å²) in [7, 11) is 0. The topological polar surface area (TPSA) is 32.7 Å². The summed E-state index contributed by atoms with van der Waals surface area (Å²) < 4.78 is 5.73. The van der Waals surface area contributed by atoms with Crippen molar-refractivity contribution in [3.63, 3.8) is 0 Å². The van der Waals surface area contributed by atoms with E-state index in [0.29, 0.717) is 12.0 Å². The van der Waals surface area contributed by atoms with Gasteiger partial charge in [0.15, 0.2) is 0 Å². The van der Waals surface area contributed by atoms with Gasteiger partial charge in [0, 0.05) is 19.6 Å². The van der Waals surface area contributed by atoms with Crippen LogP contribution >= 0.6 is 0 Å². The lowest BCUT2D eigenvalue weighted by atomic mass is 9.77. The Balaban J connectivity index is 1.82. The molecule has 1 saturated heterocycles. The van der Waals surface area contributed by atoms with Gasteiger partial charge in [-0.3, -0.25) is 4.90 Å². The van der Waals surface area contributed by atoms with Crippen molar-refractivity contribution in [2.24, 2.45) is 11.8 Å². The number of aliphatic hydroxyl groups is 1. The van der Waals surface area contributed by atoms with Gasteiger partial charge in [-0.1, -0.05) is 26.7 Å². The Morgan fingerprint density at radius 2 is 2.11 bits per heavy atom. The van der Waals surface area contributed by atoms with Crippen LogP contribution in [0.2, 0.25) is 0 Å². The molecule has 3 heteroatoms. The Morgan fingerprint density at radius 1 is 1.26 bits per heavy atom. The van der Waals surface area contributed by atoms with E-state index in [4.69, 9.17) is 4.74 Å². The van der Waals surface area contributed by atoms with Gasteiger partial charge in [0.1, 0.15) is 0 Å². The van der Waals surface area contributed by atoms with Crippen LogP contribution in [0.3, 0.4) is 0 Å². The molecule has 3 nitrogen and oxygen atoms in total. The zero-order valence-corrected chi connectivity index (χ0v) is 12.7. The van der Waals surface area contributed by atoms with Gasteiger partial charge in [0.05, 0.1) is 18.8 Å². The van der Waals surface area contributed by atoms with Crippen LogP contribution in [0.15, 0.2) is 0 Å². The van der Waals surface area contributed by atoms with Crippen molar-refractivity contribution in [2.45, 2.75) is 64.6 Å². The molecule has 1 aliphatic heterocycles. The van der Waals surface area contributed by atoms with Gasteiger partial charge in [-0.2, -0.15) is 0 Å². The summed E-state index contributed by atoms with van der Waals surface area (Å²) in [4.78, 5) is 2.51. The Morgan fingerprint density at radius 3 is 2.84 bits per heavy atom. The molecule has 0 aromatic heterocycles. The fourth-order valence-corrected chi connectivity index (χ4v) is 3.74. The van der Waals surface area contributed by atoms with Gasteiger partial charge in [-0.25, -0.2) is 0 Å². The van der Waals surface area contributed by atoms with E-state index in [9.17, 15) is 5.11 Å². The maximum absolute atomic E-state index is 10.3. The second-order valence-corrected chi connectivity index (χ2v) is 6.46. The minimum Gasteiger partial charge on any atom is -0.393 e.